The van der Waals surface area contributed by atoms with Crippen molar-refractivity contribution in [2.75, 3.05) is 13.1 Å². The van der Waals surface area contributed by atoms with Crippen LogP contribution in [0.15, 0.2) is 18.2 Å². The van der Waals surface area contributed by atoms with Crippen molar-refractivity contribution in [3.8, 4) is 11.5 Å². The minimum absolute atomic E-state index is 0.0627. The molecule has 1 aliphatic rings. The van der Waals surface area contributed by atoms with E-state index in [2.05, 4.69) is 0 Å². The number of hydrogen-bond acceptors (Lipinski definition) is 4. The van der Waals surface area contributed by atoms with E-state index < -0.39 is 11.4 Å². The van der Waals surface area contributed by atoms with Crippen LogP contribution in [0.1, 0.15) is 30.1 Å². The SMILES string of the molecule is CC1(O)CCCN(C(=O)c2cccc(O)c2O)C1. The molecular weight excluding hydrogens is 234 g/mol. The highest BCUT2D eigenvalue weighted by atomic mass is 16.3. The molecule has 1 aromatic carbocycles. The molecule has 0 aliphatic carbocycles. The Bertz CT molecular complexity index is 470. The largest absolute Gasteiger partial charge is 0.504 e. The Morgan fingerprint density at radius 1 is 1.39 bits per heavy atom. The number of hydrogen-bond donors (Lipinski definition) is 3. The van der Waals surface area contributed by atoms with Gasteiger partial charge in [-0.3, -0.25) is 4.79 Å². The van der Waals surface area contributed by atoms with Crippen molar-refractivity contribution in [2.24, 2.45) is 0 Å². The van der Waals surface area contributed by atoms with E-state index in [4.69, 9.17) is 0 Å². The highest BCUT2D eigenvalue weighted by Gasteiger charge is 2.32. The Balaban J connectivity index is 2.23. The fourth-order valence-corrected chi connectivity index (χ4v) is 2.27. The Morgan fingerprint density at radius 2 is 2.11 bits per heavy atom. The molecule has 5 heteroatoms. The normalized spacial score (nSPS) is 24.0. The van der Waals surface area contributed by atoms with Crippen LogP contribution in [0.25, 0.3) is 0 Å². The van der Waals surface area contributed by atoms with Crippen molar-refractivity contribution in [3.63, 3.8) is 0 Å². The van der Waals surface area contributed by atoms with Gasteiger partial charge in [0.15, 0.2) is 11.5 Å². The maximum Gasteiger partial charge on any atom is 0.257 e. The van der Waals surface area contributed by atoms with Gasteiger partial charge in [0.2, 0.25) is 0 Å². The smallest absolute Gasteiger partial charge is 0.257 e. The van der Waals surface area contributed by atoms with Gasteiger partial charge in [-0.1, -0.05) is 6.07 Å². The van der Waals surface area contributed by atoms with Crippen molar-refractivity contribution in [2.45, 2.75) is 25.4 Å². The summed E-state index contributed by atoms with van der Waals surface area (Å²) >= 11 is 0. The van der Waals surface area contributed by atoms with E-state index in [1.165, 1.54) is 23.1 Å². The maximum atomic E-state index is 12.2. The molecule has 3 N–H and O–H groups in total. The lowest BCUT2D eigenvalue weighted by Gasteiger charge is -2.36. The zero-order valence-electron chi connectivity index (χ0n) is 10.3. The highest BCUT2D eigenvalue weighted by Crippen LogP contribution is 2.30. The summed E-state index contributed by atoms with van der Waals surface area (Å²) in [5, 5.41) is 29.0. The van der Waals surface area contributed by atoms with E-state index in [0.717, 1.165) is 6.42 Å². The van der Waals surface area contributed by atoms with Gasteiger partial charge in [-0.2, -0.15) is 0 Å². The molecule has 1 unspecified atom stereocenters. The third-order valence-corrected chi connectivity index (χ3v) is 3.21. The van der Waals surface area contributed by atoms with Crippen LogP contribution in [0.5, 0.6) is 11.5 Å². The van der Waals surface area contributed by atoms with Crippen molar-refractivity contribution in [3.05, 3.63) is 23.8 Å². The number of benzene rings is 1. The first kappa shape index (κ1) is 12.7. The zero-order valence-corrected chi connectivity index (χ0v) is 10.3. The van der Waals surface area contributed by atoms with E-state index in [1.807, 2.05) is 0 Å². The summed E-state index contributed by atoms with van der Waals surface area (Å²) in [5.74, 6) is -1.10. The lowest BCUT2D eigenvalue weighted by molar-refractivity contribution is -0.0108. The van der Waals surface area contributed by atoms with E-state index in [0.29, 0.717) is 13.0 Å². The van der Waals surface area contributed by atoms with E-state index >= 15 is 0 Å². The molecule has 2 rings (SSSR count). The maximum absolute atomic E-state index is 12.2. The molecular formula is C13H17NO4. The summed E-state index contributed by atoms with van der Waals surface area (Å²) in [6, 6.07) is 4.28. The van der Waals surface area contributed by atoms with Crippen LogP contribution < -0.4 is 0 Å². The Kier molecular flexibility index (Phi) is 3.17. The number of carbonyl (C=O) groups is 1. The van der Waals surface area contributed by atoms with Crippen LogP contribution in [0.2, 0.25) is 0 Å². The first-order valence-electron chi connectivity index (χ1n) is 5.93. The quantitative estimate of drug-likeness (QED) is 0.652. The second-order valence-corrected chi connectivity index (χ2v) is 5.00. The van der Waals surface area contributed by atoms with Crippen molar-refractivity contribution in [1.82, 2.24) is 4.90 Å². The first-order chi connectivity index (χ1) is 8.41. The van der Waals surface area contributed by atoms with Gasteiger partial charge in [0.05, 0.1) is 11.2 Å². The van der Waals surface area contributed by atoms with Gasteiger partial charge >= 0.3 is 0 Å². The number of phenols is 2. The molecule has 0 saturated carbocycles. The van der Waals surface area contributed by atoms with Crippen molar-refractivity contribution in [1.29, 1.82) is 0 Å². The van der Waals surface area contributed by atoms with Gasteiger partial charge in [0.25, 0.3) is 5.91 Å². The van der Waals surface area contributed by atoms with E-state index in [1.54, 1.807) is 6.92 Å². The summed E-state index contributed by atoms with van der Waals surface area (Å²) in [7, 11) is 0. The second-order valence-electron chi connectivity index (χ2n) is 5.00. The molecule has 1 amide bonds. The Hall–Kier alpha value is -1.75. The van der Waals surface area contributed by atoms with Gasteiger partial charge in [-0.15, -0.1) is 0 Å². The predicted octanol–water partition coefficient (Wildman–Crippen LogP) is 1.08. The second kappa shape index (κ2) is 4.49. The van der Waals surface area contributed by atoms with Crippen LogP contribution in [0, 0.1) is 0 Å². The van der Waals surface area contributed by atoms with Crippen molar-refractivity contribution >= 4 is 5.91 Å². The minimum Gasteiger partial charge on any atom is -0.504 e. The topological polar surface area (TPSA) is 81.0 Å². The molecule has 1 aromatic rings. The number of phenolic OH excluding ortho intramolecular Hbond substituents is 2. The minimum atomic E-state index is -0.889. The molecule has 98 valence electrons. The average Bonchev–Trinajstić information content (AvgIpc) is 2.30. The predicted molar refractivity (Wildman–Crippen MR) is 65.5 cm³/mol. The lowest BCUT2D eigenvalue weighted by Crippen LogP contribution is -2.48. The standard InChI is InChI=1S/C13H17NO4/c1-13(18)6-3-7-14(8-13)12(17)9-4-2-5-10(15)11(9)16/h2,4-5,15-16,18H,3,6-8H2,1H3. The van der Waals surface area contributed by atoms with Gasteiger partial charge in [-0.25, -0.2) is 0 Å². The number of aromatic hydroxyl groups is 2. The van der Waals surface area contributed by atoms with E-state index in [9.17, 15) is 20.1 Å². The Morgan fingerprint density at radius 3 is 2.78 bits per heavy atom. The molecule has 1 aliphatic heterocycles. The number of aliphatic hydroxyl groups is 1. The van der Waals surface area contributed by atoms with Crippen LogP contribution in [0.3, 0.4) is 0 Å². The zero-order chi connectivity index (χ0) is 13.3. The number of β-amino-alcohol motifs (C(OH)–C–C–N with tert-alkyl or cyclic N) is 1. The van der Waals surface area contributed by atoms with Gasteiger partial charge in [0.1, 0.15) is 0 Å². The fourth-order valence-electron chi connectivity index (χ4n) is 2.27. The Labute approximate surface area is 105 Å². The monoisotopic (exact) mass is 251 g/mol. The number of amides is 1. The van der Waals surface area contributed by atoms with Crippen LogP contribution in [0.4, 0.5) is 0 Å². The third-order valence-electron chi connectivity index (χ3n) is 3.21. The molecule has 1 heterocycles. The van der Waals surface area contributed by atoms with Gasteiger partial charge in [-0.05, 0) is 31.9 Å². The fraction of sp³-hybridized carbons (Fsp3) is 0.462. The number of para-hydroxylation sites is 1. The first-order valence-corrected chi connectivity index (χ1v) is 5.93. The highest BCUT2D eigenvalue weighted by molar-refractivity contribution is 5.97. The number of rotatable bonds is 1. The molecule has 5 nitrogen and oxygen atoms in total. The molecule has 0 bridgehead atoms. The number of piperidine rings is 1. The number of likely N-dealkylation sites (tertiary alicyclic amines) is 1. The van der Waals surface area contributed by atoms with Gasteiger partial charge in [0, 0.05) is 13.1 Å². The van der Waals surface area contributed by atoms with Gasteiger partial charge < -0.3 is 20.2 Å². The van der Waals surface area contributed by atoms with E-state index in [-0.39, 0.29) is 23.8 Å². The lowest BCUT2D eigenvalue weighted by atomic mass is 9.94. The summed E-state index contributed by atoms with van der Waals surface area (Å²) in [5.41, 5.74) is -0.826. The summed E-state index contributed by atoms with van der Waals surface area (Å²) in [6.45, 7) is 2.47. The van der Waals surface area contributed by atoms with Crippen LogP contribution in [-0.4, -0.2) is 44.8 Å². The summed E-state index contributed by atoms with van der Waals surface area (Å²) < 4.78 is 0. The third kappa shape index (κ3) is 2.41. The van der Waals surface area contributed by atoms with Crippen molar-refractivity contribution < 1.29 is 20.1 Å². The molecule has 1 atom stereocenters. The molecule has 1 saturated heterocycles. The van der Waals surface area contributed by atoms with Crippen LogP contribution >= 0.6 is 0 Å². The average molecular weight is 251 g/mol. The summed E-state index contributed by atoms with van der Waals surface area (Å²) in [4.78, 5) is 13.7. The van der Waals surface area contributed by atoms with Crippen LogP contribution in [-0.2, 0) is 0 Å². The number of nitrogens with zero attached hydrogens (tertiary/aromatic N) is 1. The number of carbonyl (C=O) groups excluding carboxylic acids is 1. The molecule has 0 spiro atoms. The molecule has 0 radical (unpaired) electrons. The molecule has 0 aromatic heterocycles. The molecule has 18 heavy (non-hydrogen) atoms. The molecule has 1 fully saturated rings. The summed E-state index contributed by atoms with van der Waals surface area (Å²) in [6.07, 6.45) is 1.38.